The molecule has 5 nitrogen and oxygen atoms in total. The van der Waals surface area contributed by atoms with Crippen LogP contribution < -0.4 is 10.6 Å². The molecule has 1 aromatic carbocycles. The van der Waals surface area contributed by atoms with Gasteiger partial charge in [-0.1, -0.05) is 37.5 Å². The summed E-state index contributed by atoms with van der Waals surface area (Å²) >= 11 is 1.59. The average Bonchev–Trinajstić information content (AvgIpc) is 2.98. The minimum Gasteiger partial charge on any atom is -0.480 e. The van der Waals surface area contributed by atoms with Crippen molar-refractivity contribution in [2.45, 2.75) is 50.6 Å². The summed E-state index contributed by atoms with van der Waals surface area (Å²) in [5, 5.41) is 18.0. The molecule has 1 heterocycles. The van der Waals surface area contributed by atoms with Gasteiger partial charge in [-0.2, -0.15) is 0 Å². The molecule has 128 valence electrons. The normalized spacial score (nSPS) is 16.7. The number of carbonyl (C=O) groups is 2. The largest absolute Gasteiger partial charge is 0.480 e. The van der Waals surface area contributed by atoms with Crippen molar-refractivity contribution < 1.29 is 14.7 Å². The lowest BCUT2D eigenvalue weighted by Crippen LogP contribution is -2.50. The molecule has 0 spiro atoms. The number of nitrogens with one attached hydrogen (secondary N) is 2. The minimum absolute atomic E-state index is 0.162. The molecular formula is C18H22N2O3S. The Balaban J connectivity index is 1.64. The highest BCUT2D eigenvalue weighted by atomic mass is 32.1. The number of amides is 2. The maximum absolute atomic E-state index is 12.1. The molecule has 1 aliphatic rings. The van der Waals surface area contributed by atoms with Gasteiger partial charge in [0, 0.05) is 17.2 Å². The average molecular weight is 346 g/mol. The zero-order chi connectivity index (χ0) is 16.9. The maximum atomic E-state index is 12.1. The SMILES string of the molecule is O=C(NC1CCCCC1)NC(Cc1csc2ccccc12)C(=O)O. The highest BCUT2D eigenvalue weighted by molar-refractivity contribution is 7.17. The van der Waals surface area contributed by atoms with Gasteiger partial charge in [0.1, 0.15) is 6.04 Å². The molecule has 3 rings (SSSR count). The molecule has 3 N–H and O–H groups in total. The summed E-state index contributed by atoms with van der Waals surface area (Å²) in [5.74, 6) is -1.01. The summed E-state index contributed by atoms with van der Waals surface area (Å²) in [6, 6.07) is 6.77. The number of benzene rings is 1. The molecule has 1 fully saturated rings. The Morgan fingerprint density at radius 1 is 1.21 bits per heavy atom. The van der Waals surface area contributed by atoms with Crippen molar-refractivity contribution in [2.75, 3.05) is 0 Å². The van der Waals surface area contributed by atoms with Gasteiger partial charge in [-0.25, -0.2) is 9.59 Å². The zero-order valence-corrected chi connectivity index (χ0v) is 14.3. The van der Waals surface area contributed by atoms with Crippen LogP contribution in [0.5, 0.6) is 0 Å². The van der Waals surface area contributed by atoms with Crippen LogP contribution in [0.15, 0.2) is 29.6 Å². The van der Waals surface area contributed by atoms with Gasteiger partial charge in [0.25, 0.3) is 0 Å². The summed E-state index contributed by atoms with van der Waals surface area (Å²) < 4.78 is 1.13. The zero-order valence-electron chi connectivity index (χ0n) is 13.5. The van der Waals surface area contributed by atoms with Crippen LogP contribution in [-0.4, -0.2) is 29.2 Å². The molecule has 0 bridgehead atoms. The summed E-state index contributed by atoms with van der Waals surface area (Å²) in [5.41, 5.74) is 0.959. The predicted octanol–water partition coefficient (Wildman–Crippen LogP) is 3.53. The second-order valence-corrected chi connectivity index (χ2v) is 7.22. The van der Waals surface area contributed by atoms with E-state index in [2.05, 4.69) is 10.6 Å². The van der Waals surface area contributed by atoms with Crippen LogP contribution in [0.25, 0.3) is 10.1 Å². The van der Waals surface area contributed by atoms with E-state index < -0.39 is 12.0 Å². The molecule has 0 radical (unpaired) electrons. The molecule has 1 aliphatic carbocycles. The number of thiophene rings is 1. The number of carboxylic acid groups (broad SMARTS) is 1. The highest BCUT2D eigenvalue weighted by Gasteiger charge is 2.23. The maximum Gasteiger partial charge on any atom is 0.326 e. The first-order valence-corrected chi connectivity index (χ1v) is 9.26. The number of carbonyl (C=O) groups excluding carboxylic acids is 1. The Hall–Kier alpha value is -2.08. The molecule has 2 aromatic rings. The van der Waals surface area contributed by atoms with Crippen LogP contribution in [0.4, 0.5) is 4.79 Å². The van der Waals surface area contributed by atoms with Crippen LogP contribution in [0.3, 0.4) is 0 Å². The van der Waals surface area contributed by atoms with Crippen molar-refractivity contribution in [3.63, 3.8) is 0 Å². The summed E-state index contributed by atoms with van der Waals surface area (Å²) in [6.07, 6.45) is 5.68. The quantitative estimate of drug-likeness (QED) is 0.775. The van der Waals surface area contributed by atoms with Crippen molar-refractivity contribution in [1.82, 2.24) is 10.6 Å². The third kappa shape index (κ3) is 4.06. The predicted molar refractivity (Wildman–Crippen MR) is 95.5 cm³/mol. The van der Waals surface area contributed by atoms with E-state index in [9.17, 15) is 14.7 Å². The summed E-state index contributed by atoms with van der Waals surface area (Å²) in [7, 11) is 0. The lowest BCUT2D eigenvalue weighted by Gasteiger charge is -2.24. The molecule has 1 aromatic heterocycles. The molecule has 1 atom stereocenters. The van der Waals surface area contributed by atoms with E-state index in [1.165, 1.54) is 6.42 Å². The minimum atomic E-state index is -1.01. The van der Waals surface area contributed by atoms with Crippen molar-refractivity contribution in [3.8, 4) is 0 Å². The van der Waals surface area contributed by atoms with Crippen molar-refractivity contribution in [3.05, 3.63) is 35.2 Å². The van der Waals surface area contributed by atoms with Crippen molar-refractivity contribution in [2.24, 2.45) is 0 Å². The number of fused-ring (bicyclic) bond motifs is 1. The van der Waals surface area contributed by atoms with E-state index in [0.29, 0.717) is 0 Å². The van der Waals surface area contributed by atoms with Gasteiger partial charge in [0.15, 0.2) is 0 Å². The fraction of sp³-hybridized carbons (Fsp3) is 0.444. The van der Waals surface area contributed by atoms with Crippen LogP contribution >= 0.6 is 11.3 Å². The molecule has 1 unspecified atom stereocenters. The Morgan fingerprint density at radius 2 is 1.96 bits per heavy atom. The van der Waals surface area contributed by atoms with Crippen LogP contribution in [0.2, 0.25) is 0 Å². The van der Waals surface area contributed by atoms with Gasteiger partial charge in [-0.3, -0.25) is 0 Å². The number of aliphatic carboxylic acids is 1. The van der Waals surface area contributed by atoms with Gasteiger partial charge in [0.05, 0.1) is 0 Å². The number of carboxylic acids is 1. The molecule has 6 heteroatoms. The van der Waals surface area contributed by atoms with Gasteiger partial charge in [-0.05, 0) is 35.2 Å². The van der Waals surface area contributed by atoms with Gasteiger partial charge < -0.3 is 15.7 Å². The Kier molecular flexibility index (Phi) is 5.35. The number of hydrogen-bond donors (Lipinski definition) is 3. The van der Waals surface area contributed by atoms with Gasteiger partial charge in [-0.15, -0.1) is 11.3 Å². The first-order valence-electron chi connectivity index (χ1n) is 8.38. The van der Waals surface area contributed by atoms with Crippen LogP contribution in [0.1, 0.15) is 37.7 Å². The molecule has 0 saturated heterocycles. The van der Waals surface area contributed by atoms with E-state index in [4.69, 9.17) is 0 Å². The first-order chi connectivity index (χ1) is 11.6. The number of hydrogen-bond acceptors (Lipinski definition) is 3. The third-order valence-corrected chi connectivity index (χ3v) is 5.54. The Bertz CT molecular complexity index is 722. The first kappa shape index (κ1) is 16.8. The summed E-state index contributed by atoms with van der Waals surface area (Å²) in [4.78, 5) is 23.7. The van der Waals surface area contributed by atoms with Crippen LogP contribution in [0, 0.1) is 0 Å². The smallest absolute Gasteiger partial charge is 0.326 e. The van der Waals surface area contributed by atoms with E-state index in [0.717, 1.165) is 41.3 Å². The molecule has 2 amide bonds. The Labute approximate surface area is 145 Å². The van der Waals surface area contributed by atoms with Crippen LogP contribution in [-0.2, 0) is 11.2 Å². The molecule has 24 heavy (non-hydrogen) atoms. The third-order valence-electron chi connectivity index (χ3n) is 4.53. The molecule has 1 saturated carbocycles. The van der Waals surface area contributed by atoms with E-state index in [1.807, 2.05) is 29.6 Å². The number of rotatable bonds is 5. The molecule has 0 aliphatic heterocycles. The standard InChI is InChI=1S/C18H22N2O3S/c21-17(22)15(20-18(23)19-13-6-2-1-3-7-13)10-12-11-24-16-9-5-4-8-14(12)16/h4-5,8-9,11,13,15H,1-3,6-7,10H2,(H,21,22)(H2,19,20,23). The topological polar surface area (TPSA) is 78.4 Å². The van der Waals surface area contributed by atoms with Gasteiger partial charge in [0.2, 0.25) is 0 Å². The van der Waals surface area contributed by atoms with E-state index in [1.54, 1.807) is 11.3 Å². The number of urea groups is 1. The second kappa shape index (κ2) is 7.66. The van der Waals surface area contributed by atoms with Gasteiger partial charge >= 0.3 is 12.0 Å². The van der Waals surface area contributed by atoms with Crippen molar-refractivity contribution in [1.29, 1.82) is 0 Å². The second-order valence-electron chi connectivity index (χ2n) is 6.30. The van der Waals surface area contributed by atoms with E-state index >= 15 is 0 Å². The fourth-order valence-corrected chi connectivity index (χ4v) is 4.22. The lowest BCUT2D eigenvalue weighted by molar-refractivity contribution is -0.139. The van der Waals surface area contributed by atoms with E-state index in [-0.39, 0.29) is 18.5 Å². The molecular weight excluding hydrogens is 324 g/mol. The lowest BCUT2D eigenvalue weighted by atomic mass is 9.96. The summed E-state index contributed by atoms with van der Waals surface area (Å²) in [6.45, 7) is 0. The monoisotopic (exact) mass is 346 g/mol. The Morgan fingerprint density at radius 3 is 2.71 bits per heavy atom. The fourth-order valence-electron chi connectivity index (χ4n) is 3.24. The highest BCUT2D eigenvalue weighted by Crippen LogP contribution is 2.26. The van der Waals surface area contributed by atoms with Crippen molar-refractivity contribution >= 4 is 33.4 Å².